The normalized spacial score (nSPS) is 9.28. The van der Waals surface area contributed by atoms with E-state index >= 15 is 0 Å². The molecular weight excluding hydrogens is 254 g/mol. The van der Waals surface area contributed by atoms with Crippen molar-refractivity contribution in [3.05, 3.63) is 29.8 Å². The largest absolute Gasteiger partial charge is 0.345 e. The average molecular weight is 272 g/mol. The number of likely N-dealkylation sites (N-methyl/N-ethyl adjacent to an activating group) is 1. The maximum Gasteiger partial charge on any atom is 0.253 e. The topological polar surface area (TPSA) is 61.4 Å². The molecule has 1 rings (SSSR count). The number of hydrogen-bond donors (Lipinski definition) is 2. The summed E-state index contributed by atoms with van der Waals surface area (Å²) in [6.07, 6.45) is 0. The van der Waals surface area contributed by atoms with Crippen LogP contribution < -0.4 is 10.6 Å². The second kappa shape index (κ2) is 7.68. The zero-order valence-corrected chi connectivity index (χ0v) is 11.5. The van der Waals surface area contributed by atoms with Crippen molar-refractivity contribution < 1.29 is 9.59 Å². The number of hydrogen-bond acceptors (Lipinski definition) is 3. The SMILES string of the molecule is CNCC(=O)Nc1ccc(C(=O)N(C)C)cc1.Cl. The van der Waals surface area contributed by atoms with Crippen LogP contribution in [0.25, 0.3) is 0 Å². The summed E-state index contributed by atoms with van der Waals surface area (Å²) in [7, 11) is 5.11. The van der Waals surface area contributed by atoms with Crippen molar-refractivity contribution in [3.8, 4) is 0 Å². The minimum Gasteiger partial charge on any atom is -0.345 e. The quantitative estimate of drug-likeness (QED) is 0.858. The van der Waals surface area contributed by atoms with E-state index in [1.807, 2.05) is 0 Å². The van der Waals surface area contributed by atoms with Gasteiger partial charge >= 0.3 is 0 Å². The number of nitrogens with one attached hydrogen (secondary N) is 2. The van der Waals surface area contributed by atoms with Gasteiger partial charge in [-0.05, 0) is 31.3 Å². The fourth-order valence-corrected chi connectivity index (χ4v) is 1.32. The van der Waals surface area contributed by atoms with E-state index in [4.69, 9.17) is 0 Å². The molecule has 0 radical (unpaired) electrons. The third-order valence-electron chi connectivity index (χ3n) is 2.16. The number of rotatable bonds is 4. The third-order valence-corrected chi connectivity index (χ3v) is 2.16. The van der Waals surface area contributed by atoms with E-state index in [9.17, 15) is 9.59 Å². The molecule has 2 amide bonds. The molecule has 0 heterocycles. The molecule has 6 heteroatoms. The smallest absolute Gasteiger partial charge is 0.253 e. The van der Waals surface area contributed by atoms with Gasteiger partial charge < -0.3 is 15.5 Å². The van der Waals surface area contributed by atoms with Crippen molar-refractivity contribution in [2.75, 3.05) is 33.0 Å². The van der Waals surface area contributed by atoms with Crippen molar-refractivity contribution in [2.24, 2.45) is 0 Å². The molecule has 0 spiro atoms. The van der Waals surface area contributed by atoms with Crippen LogP contribution in [0.1, 0.15) is 10.4 Å². The Morgan fingerprint density at radius 3 is 2.17 bits per heavy atom. The molecule has 0 aliphatic heterocycles. The average Bonchev–Trinajstić information content (AvgIpc) is 2.29. The standard InChI is InChI=1S/C12H17N3O2.ClH/c1-13-8-11(16)14-10-6-4-9(5-7-10)12(17)15(2)3;/h4-7,13H,8H2,1-3H3,(H,14,16);1H. The molecule has 0 atom stereocenters. The van der Waals surface area contributed by atoms with Gasteiger partial charge in [0.05, 0.1) is 6.54 Å². The zero-order valence-electron chi connectivity index (χ0n) is 10.7. The van der Waals surface area contributed by atoms with Crippen LogP contribution in [-0.2, 0) is 4.79 Å². The monoisotopic (exact) mass is 271 g/mol. The lowest BCUT2D eigenvalue weighted by Gasteiger charge is -2.10. The molecule has 0 aromatic heterocycles. The van der Waals surface area contributed by atoms with Crippen molar-refractivity contribution in [1.29, 1.82) is 0 Å². The van der Waals surface area contributed by atoms with Crippen LogP contribution in [0.2, 0.25) is 0 Å². The molecule has 1 aromatic rings. The summed E-state index contributed by atoms with van der Waals surface area (Å²) in [6, 6.07) is 6.81. The highest BCUT2D eigenvalue weighted by atomic mass is 35.5. The van der Waals surface area contributed by atoms with Gasteiger partial charge in [-0.15, -0.1) is 12.4 Å². The zero-order chi connectivity index (χ0) is 12.8. The Balaban J connectivity index is 0.00000289. The van der Waals surface area contributed by atoms with Gasteiger partial charge in [0.2, 0.25) is 5.91 Å². The van der Waals surface area contributed by atoms with Crippen molar-refractivity contribution in [2.45, 2.75) is 0 Å². The molecule has 0 bridgehead atoms. The molecule has 1 aromatic carbocycles. The molecule has 100 valence electrons. The number of anilines is 1. The lowest BCUT2D eigenvalue weighted by molar-refractivity contribution is -0.115. The van der Waals surface area contributed by atoms with Gasteiger partial charge in [-0.2, -0.15) is 0 Å². The van der Waals surface area contributed by atoms with E-state index in [0.717, 1.165) is 0 Å². The maximum atomic E-state index is 11.6. The van der Waals surface area contributed by atoms with E-state index < -0.39 is 0 Å². The van der Waals surface area contributed by atoms with Gasteiger partial charge in [0, 0.05) is 25.3 Å². The lowest BCUT2D eigenvalue weighted by Crippen LogP contribution is -2.25. The Hall–Kier alpha value is -1.59. The first-order valence-corrected chi connectivity index (χ1v) is 5.30. The van der Waals surface area contributed by atoms with Gasteiger partial charge in [0.1, 0.15) is 0 Å². The van der Waals surface area contributed by atoms with Gasteiger partial charge in [0.15, 0.2) is 0 Å². The second-order valence-electron chi connectivity index (χ2n) is 3.86. The van der Waals surface area contributed by atoms with Gasteiger partial charge in [-0.1, -0.05) is 0 Å². The maximum absolute atomic E-state index is 11.6. The fourth-order valence-electron chi connectivity index (χ4n) is 1.32. The predicted molar refractivity (Wildman–Crippen MR) is 74.3 cm³/mol. The Morgan fingerprint density at radius 2 is 1.72 bits per heavy atom. The Bertz CT molecular complexity index is 404. The molecular formula is C12H18ClN3O2. The molecule has 2 N–H and O–H groups in total. The summed E-state index contributed by atoms with van der Waals surface area (Å²) < 4.78 is 0. The fraction of sp³-hybridized carbons (Fsp3) is 0.333. The number of amides is 2. The summed E-state index contributed by atoms with van der Waals surface area (Å²) >= 11 is 0. The highest BCUT2D eigenvalue weighted by Crippen LogP contribution is 2.10. The van der Waals surface area contributed by atoms with Crippen molar-refractivity contribution >= 4 is 29.9 Å². The van der Waals surface area contributed by atoms with Crippen molar-refractivity contribution in [3.63, 3.8) is 0 Å². The summed E-state index contributed by atoms with van der Waals surface area (Å²) in [5.41, 5.74) is 1.28. The molecule has 5 nitrogen and oxygen atoms in total. The van der Waals surface area contributed by atoms with E-state index in [1.54, 1.807) is 45.4 Å². The van der Waals surface area contributed by atoms with Crippen LogP contribution in [0.5, 0.6) is 0 Å². The third kappa shape index (κ3) is 4.73. The highest BCUT2D eigenvalue weighted by Gasteiger charge is 2.07. The molecule has 0 unspecified atom stereocenters. The van der Waals surface area contributed by atoms with E-state index in [0.29, 0.717) is 11.3 Å². The highest BCUT2D eigenvalue weighted by molar-refractivity contribution is 5.95. The molecule has 0 fully saturated rings. The summed E-state index contributed by atoms with van der Waals surface area (Å²) in [6.45, 7) is 0.262. The van der Waals surface area contributed by atoms with Crippen LogP contribution in [0, 0.1) is 0 Å². The minimum absolute atomic E-state index is 0. The Labute approximate surface area is 113 Å². The number of nitrogens with zero attached hydrogens (tertiary/aromatic N) is 1. The summed E-state index contributed by atoms with van der Waals surface area (Å²) in [4.78, 5) is 24.4. The summed E-state index contributed by atoms with van der Waals surface area (Å²) in [5, 5.41) is 5.47. The minimum atomic E-state index is -0.112. The number of carbonyl (C=O) groups excluding carboxylic acids is 2. The van der Waals surface area contributed by atoms with Gasteiger partial charge in [-0.3, -0.25) is 9.59 Å². The van der Waals surface area contributed by atoms with Crippen LogP contribution >= 0.6 is 12.4 Å². The first kappa shape index (κ1) is 16.4. The van der Waals surface area contributed by atoms with Crippen molar-refractivity contribution in [1.82, 2.24) is 10.2 Å². The summed E-state index contributed by atoms with van der Waals surface area (Å²) in [5.74, 6) is -0.169. The van der Waals surface area contributed by atoms with Crippen LogP contribution in [0.15, 0.2) is 24.3 Å². The molecule has 0 aliphatic rings. The van der Waals surface area contributed by atoms with Crippen LogP contribution in [-0.4, -0.2) is 44.4 Å². The number of carbonyl (C=O) groups is 2. The van der Waals surface area contributed by atoms with Crippen LogP contribution in [0.4, 0.5) is 5.69 Å². The Morgan fingerprint density at radius 1 is 1.17 bits per heavy atom. The Kier molecular flexibility index (Phi) is 7.00. The first-order chi connectivity index (χ1) is 8.04. The molecule has 0 saturated heterocycles. The molecule has 0 aliphatic carbocycles. The van der Waals surface area contributed by atoms with E-state index in [1.165, 1.54) is 4.90 Å². The van der Waals surface area contributed by atoms with Gasteiger partial charge in [0.25, 0.3) is 5.91 Å². The predicted octanol–water partition coefficient (Wildman–Crippen LogP) is 0.968. The second-order valence-corrected chi connectivity index (χ2v) is 3.86. The molecule has 18 heavy (non-hydrogen) atoms. The van der Waals surface area contributed by atoms with E-state index in [-0.39, 0.29) is 30.8 Å². The molecule has 0 saturated carbocycles. The number of halogens is 1. The van der Waals surface area contributed by atoms with E-state index in [2.05, 4.69) is 10.6 Å². The number of benzene rings is 1. The first-order valence-electron chi connectivity index (χ1n) is 5.30. The van der Waals surface area contributed by atoms with Crippen LogP contribution in [0.3, 0.4) is 0 Å². The lowest BCUT2D eigenvalue weighted by atomic mass is 10.2. The van der Waals surface area contributed by atoms with Gasteiger partial charge in [-0.25, -0.2) is 0 Å².